The third kappa shape index (κ3) is 4.62. The molecule has 3 aromatic rings. The van der Waals surface area contributed by atoms with Crippen molar-refractivity contribution in [3.63, 3.8) is 0 Å². The number of ether oxygens (including phenoxy) is 1. The summed E-state index contributed by atoms with van der Waals surface area (Å²) in [4.78, 5) is 22.8. The van der Waals surface area contributed by atoms with E-state index in [1.807, 2.05) is 36.4 Å². The standard InChI is InChI=1S/C24H26N4O2S2/c1-16-7-8-19-18(13-16)14-20(31-19)23(29)27-25-15-21-22(17-5-3-2-4-6-17)26-24(32-21)28-9-11-30-12-10-28/h2-6,14-16H,7-13H2,1H3,(H,27,29)/b25-15-/t16-/m0/s1. The molecule has 6 nitrogen and oxygen atoms in total. The molecule has 0 bridgehead atoms. The molecule has 1 aliphatic heterocycles. The number of aryl methyl sites for hydroxylation is 1. The number of benzene rings is 1. The van der Waals surface area contributed by atoms with Gasteiger partial charge in [0, 0.05) is 23.5 Å². The van der Waals surface area contributed by atoms with E-state index in [0.717, 1.165) is 52.1 Å². The Balaban J connectivity index is 1.34. The molecule has 0 unspecified atom stereocenters. The van der Waals surface area contributed by atoms with Crippen LogP contribution in [0.3, 0.4) is 0 Å². The summed E-state index contributed by atoms with van der Waals surface area (Å²) in [6, 6.07) is 12.1. The van der Waals surface area contributed by atoms with E-state index in [-0.39, 0.29) is 5.91 Å². The number of thiazole rings is 1. The number of fused-ring (bicyclic) bond motifs is 1. The number of thiophene rings is 1. The molecule has 1 aliphatic carbocycles. The summed E-state index contributed by atoms with van der Waals surface area (Å²) >= 11 is 3.19. The molecule has 5 rings (SSSR count). The van der Waals surface area contributed by atoms with E-state index in [9.17, 15) is 4.79 Å². The molecule has 1 amide bonds. The Bertz CT molecular complexity index is 1120. The monoisotopic (exact) mass is 466 g/mol. The van der Waals surface area contributed by atoms with Gasteiger partial charge in [0.1, 0.15) is 0 Å². The lowest BCUT2D eigenvalue weighted by molar-refractivity contribution is 0.0959. The zero-order valence-electron chi connectivity index (χ0n) is 18.0. The summed E-state index contributed by atoms with van der Waals surface area (Å²) in [5.41, 5.74) is 5.97. The van der Waals surface area contributed by atoms with Crippen molar-refractivity contribution < 1.29 is 9.53 Å². The van der Waals surface area contributed by atoms with Crippen LogP contribution < -0.4 is 10.3 Å². The number of nitrogens with one attached hydrogen (secondary N) is 1. The highest BCUT2D eigenvalue weighted by molar-refractivity contribution is 7.17. The van der Waals surface area contributed by atoms with Crippen LogP contribution in [0.2, 0.25) is 0 Å². The van der Waals surface area contributed by atoms with Crippen LogP contribution in [0.4, 0.5) is 5.13 Å². The maximum absolute atomic E-state index is 12.7. The molecular weight excluding hydrogens is 440 g/mol. The van der Waals surface area contributed by atoms with E-state index >= 15 is 0 Å². The lowest BCUT2D eigenvalue weighted by Crippen LogP contribution is -2.36. The number of hydrogen-bond donors (Lipinski definition) is 1. The minimum atomic E-state index is -0.146. The molecule has 0 spiro atoms. The van der Waals surface area contributed by atoms with Gasteiger partial charge in [-0.05, 0) is 36.8 Å². The third-order valence-electron chi connectivity index (χ3n) is 5.87. The second kappa shape index (κ2) is 9.52. The molecule has 0 saturated carbocycles. The second-order valence-electron chi connectivity index (χ2n) is 8.28. The highest BCUT2D eigenvalue weighted by Crippen LogP contribution is 2.33. The normalized spacial score (nSPS) is 18.7. The van der Waals surface area contributed by atoms with Gasteiger partial charge in [-0.25, -0.2) is 10.4 Å². The van der Waals surface area contributed by atoms with Crippen molar-refractivity contribution in [2.75, 3.05) is 31.2 Å². The Morgan fingerprint density at radius 3 is 2.88 bits per heavy atom. The van der Waals surface area contributed by atoms with Crippen molar-refractivity contribution in [2.24, 2.45) is 11.0 Å². The minimum absolute atomic E-state index is 0.146. The number of anilines is 1. The number of rotatable bonds is 5. The zero-order chi connectivity index (χ0) is 21.9. The zero-order valence-corrected chi connectivity index (χ0v) is 19.7. The van der Waals surface area contributed by atoms with Crippen molar-refractivity contribution in [3.05, 3.63) is 56.6 Å². The summed E-state index contributed by atoms with van der Waals surface area (Å²) in [6.45, 7) is 5.36. The van der Waals surface area contributed by atoms with E-state index in [0.29, 0.717) is 19.1 Å². The average molecular weight is 467 g/mol. The highest BCUT2D eigenvalue weighted by atomic mass is 32.1. The topological polar surface area (TPSA) is 66.8 Å². The van der Waals surface area contributed by atoms with Gasteiger partial charge < -0.3 is 9.64 Å². The number of aromatic nitrogens is 1. The van der Waals surface area contributed by atoms with Gasteiger partial charge in [0.15, 0.2) is 5.13 Å². The molecule has 0 radical (unpaired) electrons. The lowest BCUT2D eigenvalue weighted by Gasteiger charge is -2.26. The molecule has 2 aliphatic rings. The van der Waals surface area contributed by atoms with Gasteiger partial charge in [0.05, 0.1) is 34.9 Å². The first-order chi connectivity index (χ1) is 15.7. The smallest absolute Gasteiger partial charge is 0.281 e. The Hall–Kier alpha value is -2.55. The highest BCUT2D eigenvalue weighted by Gasteiger charge is 2.21. The number of amides is 1. The first-order valence-electron chi connectivity index (χ1n) is 11.0. The minimum Gasteiger partial charge on any atom is -0.378 e. The van der Waals surface area contributed by atoms with Crippen LogP contribution in [-0.4, -0.2) is 43.4 Å². The van der Waals surface area contributed by atoms with E-state index in [1.54, 1.807) is 28.9 Å². The summed E-state index contributed by atoms with van der Waals surface area (Å²) in [7, 11) is 0. The number of hydrogen-bond acceptors (Lipinski definition) is 7. The van der Waals surface area contributed by atoms with Crippen molar-refractivity contribution in [3.8, 4) is 11.3 Å². The van der Waals surface area contributed by atoms with Gasteiger partial charge >= 0.3 is 0 Å². The summed E-state index contributed by atoms with van der Waals surface area (Å²) < 4.78 is 5.47. The second-order valence-corrected chi connectivity index (χ2v) is 10.4. The van der Waals surface area contributed by atoms with Crippen molar-refractivity contribution in [1.82, 2.24) is 10.4 Å². The number of hydrazone groups is 1. The molecule has 1 saturated heterocycles. The van der Waals surface area contributed by atoms with Crippen LogP contribution in [0.25, 0.3) is 11.3 Å². The molecule has 1 fully saturated rings. The fourth-order valence-corrected chi connectivity index (χ4v) is 6.23. The van der Waals surface area contributed by atoms with Crippen molar-refractivity contribution in [2.45, 2.75) is 26.2 Å². The molecule has 8 heteroatoms. The lowest BCUT2D eigenvalue weighted by atomic mass is 9.90. The largest absolute Gasteiger partial charge is 0.378 e. The maximum Gasteiger partial charge on any atom is 0.281 e. The molecule has 3 heterocycles. The van der Waals surface area contributed by atoms with E-state index in [2.05, 4.69) is 22.4 Å². The van der Waals surface area contributed by atoms with Gasteiger partial charge in [0.2, 0.25) is 0 Å². The first kappa shape index (κ1) is 21.3. The Morgan fingerprint density at radius 2 is 2.06 bits per heavy atom. The van der Waals surface area contributed by atoms with Gasteiger partial charge in [-0.15, -0.1) is 11.3 Å². The van der Waals surface area contributed by atoms with Crippen molar-refractivity contribution in [1.29, 1.82) is 0 Å². The van der Waals surface area contributed by atoms with Crippen LogP contribution in [0, 0.1) is 5.92 Å². The average Bonchev–Trinajstić information content (AvgIpc) is 3.44. The predicted octanol–water partition coefficient (Wildman–Crippen LogP) is 4.60. The van der Waals surface area contributed by atoms with Crippen LogP contribution in [-0.2, 0) is 17.6 Å². The molecule has 1 atom stereocenters. The predicted molar refractivity (Wildman–Crippen MR) is 131 cm³/mol. The number of morpholine rings is 1. The molecule has 32 heavy (non-hydrogen) atoms. The van der Waals surface area contributed by atoms with Crippen LogP contribution in [0.5, 0.6) is 0 Å². The number of nitrogens with zero attached hydrogens (tertiary/aromatic N) is 3. The number of carbonyl (C=O) groups is 1. The van der Waals surface area contributed by atoms with E-state index in [1.165, 1.54) is 16.9 Å². The van der Waals surface area contributed by atoms with E-state index < -0.39 is 0 Å². The fourth-order valence-electron chi connectivity index (χ4n) is 4.12. The molecule has 2 aromatic heterocycles. The maximum atomic E-state index is 12.7. The van der Waals surface area contributed by atoms with Gasteiger partial charge in [-0.3, -0.25) is 4.79 Å². The molecule has 166 valence electrons. The van der Waals surface area contributed by atoms with Crippen LogP contribution >= 0.6 is 22.7 Å². The van der Waals surface area contributed by atoms with Gasteiger partial charge in [0.25, 0.3) is 5.91 Å². The number of carbonyl (C=O) groups excluding carboxylic acids is 1. The van der Waals surface area contributed by atoms with Crippen LogP contribution in [0.1, 0.15) is 38.3 Å². The molecule has 1 N–H and O–H groups in total. The quantitative estimate of drug-likeness (QED) is 0.441. The Kier molecular flexibility index (Phi) is 6.34. The van der Waals surface area contributed by atoms with Crippen molar-refractivity contribution >= 4 is 39.9 Å². The fraction of sp³-hybridized carbons (Fsp3) is 0.375. The molecular formula is C24H26N4O2S2. The van der Waals surface area contributed by atoms with Crippen LogP contribution in [0.15, 0.2) is 41.5 Å². The Labute approximate surface area is 195 Å². The Morgan fingerprint density at radius 1 is 1.25 bits per heavy atom. The third-order valence-corrected chi connectivity index (χ3v) is 8.16. The summed E-state index contributed by atoms with van der Waals surface area (Å²) in [6.07, 6.45) is 5.06. The first-order valence-corrected chi connectivity index (χ1v) is 12.6. The van der Waals surface area contributed by atoms with Gasteiger partial charge in [-0.2, -0.15) is 5.10 Å². The van der Waals surface area contributed by atoms with Gasteiger partial charge in [-0.1, -0.05) is 48.6 Å². The summed E-state index contributed by atoms with van der Waals surface area (Å²) in [5, 5.41) is 5.25. The molecule has 1 aromatic carbocycles. The van der Waals surface area contributed by atoms with E-state index in [4.69, 9.17) is 9.72 Å². The SMILES string of the molecule is C[C@H]1CCc2sc(C(=O)N/N=C\c3sc(N4CCOCC4)nc3-c3ccccc3)cc2C1. The summed E-state index contributed by atoms with van der Waals surface area (Å²) in [5.74, 6) is 0.543.